The molecule has 4 nitrogen and oxygen atoms in total. The molecular formula is C20H28N2O2S. The maximum Gasteiger partial charge on any atom is 0.238 e. The SMILES string of the molecule is CCCCCC(=O)N1CCC2(CC1)SCC(=O)N2c1cccc(C)c1. The third kappa shape index (κ3) is 3.86. The van der Waals surface area contributed by atoms with Gasteiger partial charge in [-0.1, -0.05) is 31.9 Å². The minimum atomic E-state index is -0.176. The number of benzene rings is 1. The molecule has 1 aromatic carbocycles. The molecule has 2 fully saturated rings. The minimum Gasteiger partial charge on any atom is -0.342 e. The van der Waals surface area contributed by atoms with Crippen LogP contribution in [0.5, 0.6) is 0 Å². The molecule has 3 rings (SSSR count). The molecule has 0 atom stereocenters. The number of hydrogen-bond donors (Lipinski definition) is 0. The van der Waals surface area contributed by atoms with E-state index in [0.29, 0.717) is 12.2 Å². The Balaban J connectivity index is 1.68. The second-order valence-electron chi connectivity index (χ2n) is 7.14. The molecule has 2 amide bonds. The molecule has 2 aliphatic heterocycles. The summed E-state index contributed by atoms with van der Waals surface area (Å²) in [4.78, 5) is 28.8. The van der Waals surface area contributed by atoms with Crippen LogP contribution < -0.4 is 4.90 Å². The van der Waals surface area contributed by atoms with Crippen LogP contribution in [0.25, 0.3) is 0 Å². The lowest BCUT2D eigenvalue weighted by molar-refractivity contribution is -0.132. The van der Waals surface area contributed by atoms with Crippen molar-refractivity contribution in [2.45, 2.75) is 57.2 Å². The first-order chi connectivity index (χ1) is 12.1. The van der Waals surface area contributed by atoms with Crippen LogP contribution in [0.2, 0.25) is 0 Å². The molecule has 0 aliphatic carbocycles. The topological polar surface area (TPSA) is 40.6 Å². The van der Waals surface area contributed by atoms with E-state index < -0.39 is 0 Å². The van der Waals surface area contributed by atoms with Crippen molar-refractivity contribution in [3.05, 3.63) is 29.8 Å². The number of hydrogen-bond acceptors (Lipinski definition) is 3. The van der Waals surface area contributed by atoms with Crippen LogP contribution in [0.15, 0.2) is 24.3 Å². The maximum absolute atomic E-state index is 12.6. The summed E-state index contributed by atoms with van der Waals surface area (Å²) < 4.78 is 0. The van der Waals surface area contributed by atoms with Crippen molar-refractivity contribution in [3.8, 4) is 0 Å². The van der Waals surface area contributed by atoms with Gasteiger partial charge in [-0.2, -0.15) is 0 Å². The Kier molecular flexibility index (Phi) is 5.72. The fraction of sp³-hybridized carbons (Fsp3) is 0.600. The lowest BCUT2D eigenvalue weighted by Gasteiger charge is -2.44. The van der Waals surface area contributed by atoms with Crippen LogP contribution in [0.1, 0.15) is 51.0 Å². The summed E-state index contributed by atoms with van der Waals surface area (Å²) in [5, 5.41) is 0. The highest BCUT2D eigenvalue weighted by Gasteiger charge is 2.49. The van der Waals surface area contributed by atoms with Crippen molar-refractivity contribution in [3.63, 3.8) is 0 Å². The average Bonchev–Trinajstić information content (AvgIpc) is 2.92. The summed E-state index contributed by atoms with van der Waals surface area (Å²) in [5.41, 5.74) is 2.17. The molecule has 2 saturated heterocycles. The molecule has 0 aromatic heterocycles. The fourth-order valence-electron chi connectivity index (χ4n) is 3.86. The summed E-state index contributed by atoms with van der Waals surface area (Å²) in [5.74, 6) is 1.01. The Hall–Kier alpha value is -1.49. The predicted octanol–water partition coefficient (Wildman–Crippen LogP) is 3.97. The van der Waals surface area contributed by atoms with Gasteiger partial charge in [0.05, 0.1) is 10.6 Å². The van der Waals surface area contributed by atoms with E-state index in [4.69, 9.17) is 0 Å². The molecule has 25 heavy (non-hydrogen) atoms. The Morgan fingerprint density at radius 3 is 2.68 bits per heavy atom. The highest BCUT2D eigenvalue weighted by atomic mass is 32.2. The maximum atomic E-state index is 12.6. The summed E-state index contributed by atoms with van der Waals surface area (Å²) >= 11 is 1.76. The van der Waals surface area contributed by atoms with Gasteiger partial charge in [-0.15, -0.1) is 11.8 Å². The molecule has 0 radical (unpaired) electrons. The van der Waals surface area contributed by atoms with Gasteiger partial charge in [-0.25, -0.2) is 0 Å². The first-order valence-corrected chi connectivity index (χ1v) is 10.4. The van der Waals surface area contributed by atoms with Gasteiger partial charge >= 0.3 is 0 Å². The Morgan fingerprint density at radius 2 is 2.00 bits per heavy atom. The smallest absolute Gasteiger partial charge is 0.238 e. The van der Waals surface area contributed by atoms with Gasteiger partial charge in [0.2, 0.25) is 11.8 Å². The molecule has 0 unspecified atom stereocenters. The number of carbonyl (C=O) groups excluding carboxylic acids is 2. The summed E-state index contributed by atoms with van der Waals surface area (Å²) in [6, 6.07) is 8.19. The predicted molar refractivity (Wildman–Crippen MR) is 104 cm³/mol. The van der Waals surface area contributed by atoms with Gasteiger partial charge in [0.1, 0.15) is 0 Å². The van der Waals surface area contributed by atoms with Crippen LogP contribution in [-0.4, -0.2) is 40.4 Å². The zero-order valence-electron chi connectivity index (χ0n) is 15.3. The number of unbranched alkanes of at least 4 members (excludes halogenated alkanes) is 2. The molecule has 2 aliphatic rings. The number of amides is 2. The van der Waals surface area contributed by atoms with Gasteiger partial charge in [-0.3, -0.25) is 14.5 Å². The van der Waals surface area contributed by atoms with E-state index in [2.05, 4.69) is 26.0 Å². The first kappa shape index (κ1) is 18.3. The van der Waals surface area contributed by atoms with Crippen LogP contribution >= 0.6 is 11.8 Å². The zero-order chi connectivity index (χ0) is 17.9. The fourth-order valence-corrected chi connectivity index (χ4v) is 5.19. The first-order valence-electron chi connectivity index (χ1n) is 9.37. The van der Waals surface area contributed by atoms with Crippen molar-refractivity contribution in [1.29, 1.82) is 0 Å². The quantitative estimate of drug-likeness (QED) is 0.746. The number of thioether (sulfide) groups is 1. The number of piperidine rings is 1. The molecule has 1 aromatic rings. The molecule has 2 heterocycles. The highest BCUT2D eigenvalue weighted by Crippen LogP contribution is 2.46. The Labute approximate surface area is 154 Å². The minimum absolute atomic E-state index is 0.176. The highest BCUT2D eigenvalue weighted by molar-refractivity contribution is 8.02. The van der Waals surface area contributed by atoms with Crippen LogP contribution in [0.3, 0.4) is 0 Å². The van der Waals surface area contributed by atoms with E-state index in [0.717, 1.165) is 50.9 Å². The summed E-state index contributed by atoms with van der Waals surface area (Å²) in [6.45, 7) is 5.73. The third-order valence-corrected chi connectivity index (χ3v) is 6.79. The molecule has 1 spiro atoms. The number of rotatable bonds is 5. The number of nitrogens with zero attached hydrogens (tertiary/aromatic N) is 2. The second kappa shape index (κ2) is 7.81. The van der Waals surface area contributed by atoms with Gasteiger partial charge in [0.25, 0.3) is 0 Å². The normalized spacial score (nSPS) is 19.7. The lowest BCUT2D eigenvalue weighted by Crippen LogP contribution is -2.53. The third-order valence-electron chi connectivity index (χ3n) is 5.27. The molecule has 0 N–H and O–H groups in total. The van der Waals surface area contributed by atoms with Gasteiger partial charge in [0, 0.05) is 25.2 Å². The number of aryl methyl sites for hydroxylation is 1. The molecule has 0 saturated carbocycles. The summed E-state index contributed by atoms with van der Waals surface area (Å²) in [6.07, 6.45) is 5.62. The van der Waals surface area contributed by atoms with E-state index in [1.54, 1.807) is 11.8 Å². The Bertz CT molecular complexity index is 638. The number of anilines is 1. The average molecular weight is 361 g/mol. The molecular weight excluding hydrogens is 332 g/mol. The molecule has 5 heteroatoms. The standard InChI is InChI=1S/C20H28N2O2S/c1-3-4-5-9-18(23)21-12-10-20(11-13-21)22(19(24)15-25-20)17-8-6-7-16(2)14-17/h6-8,14H,3-5,9-13,15H2,1-2H3. The van der Waals surface area contributed by atoms with E-state index in [1.807, 2.05) is 21.9 Å². The van der Waals surface area contributed by atoms with E-state index in [-0.39, 0.29) is 16.7 Å². The second-order valence-corrected chi connectivity index (χ2v) is 8.48. The van der Waals surface area contributed by atoms with E-state index in [1.165, 1.54) is 5.56 Å². The van der Waals surface area contributed by atoms with Crippen molar-refractivity contribution >= 4 is 29.3 Å². The monoisotopic (exact) mass is 360 g/mol. The van der Waals surface area contributed by atoms with Crippen molar-refractivity contribution in [2.75, 3.05) is 23.7 Å². The van der Waals surface area contributed by atoms with Crippen LogP contribution in [-0.2, 0) is 9.59 Å². The molecule has 136 valence electrons. The van der Waals surface area contributed by atoms with E-state index in [9.17, 15) is 9.59 Å². The number of carbonyl (C=O) groups is 2. The van der Waals surface area contributed by atoms with Crippen molar-refractivity contribution in [2.24, 2.45) is 0 Å². The zero-order valence-corrected chi connectivity index (χ0v) is 16.1. The Morgan fingerprint density at radius 1 is 1.24 bits per heavy atom. The van der Waals surface area contributed by atoms with E-state index >= 15 is 0 Å². The lowest BCUT2D eigenvalue weighted by atomic mass is 10.00. The van der Waals surface area contributed by atoms with Crippen molar-refractivity contribution < 1.29 is 9.59 Å². The van der Waals surface area contributed by atoms with Crippen LogP contribution in [0, 0.1) is 6.92 Å². The molecule has 0 bridgehead atoms. The van der Waals surface area contributed by atoms with Gasteiger partial charge in [0.15, 0.2) is 0 Å². The van der Waals surface area contributed by atoms with Gasteiger partial charge < -0.3 is 4.90 Å². The van der Waals surface area contributed by atoms with Crippen molar-refractivity contribution in [1.82, 2.24) is 4.90 Å². The number of likely N-dealkylation sites (tertiary alicyclic amines) is 1. The summed E-state index contributed by atoms with van der Waals surface area (Å²) in [7, 11) is 0. The van der Waals surface area contributed by atoms with Crippen LogP contribution in [0.4, 0.5) is 5.69 Å². The van der Waals surface area contributed by atoms with Gasteiger partial charge in [-0.05, 0) is 43.9 Å². The largest absolute Gasteiger partial charge is 0.342 e.